The number of hydrogen-bond acceptors (Lipinski definition) is 3. The van der Waals surface area contributed by atoms with Crippen molar-refractivity contribution < 1.29 is 9.53 Å². The first-order valence-electron chi connectivity index (χ1n) is 7.49. The third-order valence-electron chi connectivity index (χ3n) is 4.45. The van der Waals surface area contributed by atoms with Crippen molar-refractivity contribution in [3.8, 4) is 5.75 Å². The largest absolute Gasteiger partial charge is 0.493 e. The highest BCUT2D eigenvalue weighted by Crippen LogP contribution is 2.33. The van der Waals surface area contributed by atoms with Crippen molar-refractivity contribution in [2.75, 3.05) is 13.2 Å². The van der Waals surface area contributed by atoms with Crippen molar-refractivity contribution >= 4 is 18.3 Å². The lowest BCUT2D eigenvalue weighted by molar-refractivity contribution is -0.124. The Morgan fingerprint density at radius 1 is 1.29 bits per heavy atom. The SMILES string of the molecule is Cl.NC1CCC(C(=O)NCC2CCOc3ccccc32)C1. The van der Waals surface area contributed by atoms with Crippen LogP contribution < -0.4 is 15.8 Å². The van der Waals surface area contributed by atoms with E-state index in [4.69, 9.17) is 10.5 Å². The predicted octanol–water partition coefficient (Wildman–Crippen LogP) is 2.22. The molecule has 21 heavy (non-hydrogen) atoms. The Hall–Kier alpha value is -1.26. The topological polar surface area (TPSA) is 64.4 Å². The van der Waals surface area contributed by atoms with E-state index in [-0.39, 0.29) is 30.3 Å². The molecule has 1 saturated carbocycles. The zero-order chi connectivity index (χ0) is 13.9. The molecular formula is C16H23ClN2O2. The molecule has 116 valence electrons. The first kappa shape index (κ1) is 16.1. The summed E-state index contributed by atoms with van der Waals surface area (Å²) in [6.45, 7) is 1.43. The third-order valence-corrected chi connectivity index (χ3v) is 4.45. The highest BCUT2D eigenvalue weighted by atomic mass is 35.5. The number of para-hydroxylation sites is 1. The van der Waals surface area contributed by atoms with Crippen LogP contribution in [0, 0.1) is 5.92 Å². The van der Waals surface area contributed by atoms with Crippen LogP contribution in [0.4, 0.5) is 0 Å². The van der Waals surface area contributed by atoms with E-state index in [1.807, 2.05) is 18.2 Å². The third kappa shape index (κ3) is 3.69. The molecule has 1 aliphatic carbocycles. The van der Waals surface area contributed by atoms with Crippen LogP contribution in [0.2, 0.25) is 0 Å². The molecule has 1 aromatic rings. The minimum absolute atomic E-state index is 0. The van der Waals surface area contributed by atoms with Crippen LogP contribution >= 0.6 is 12.4 Å². The maximum Gasteiger partial charge on any atom is 0.223 e. The Balaban J connectivity index is 0.00000161. The number of rotatable bonds is 3. The number of halogens is 1. The maximum atomic E-state index is 12.1. The van der Waals surface area contributed by atoms with Crippen LogP contribution in [0.5, 0.6) is 5.75 Å². The van der Waals surface area contributed by atoms with Gasteiger partial charge in [-0.3, -0.25) is 4.79 Å². The van der Waals surface area contributed by atoms with E-state index in [1.165, 1.54) is 5.56 Å². The number of nitrogens with one attached hydrogen (secondary N) is 1. The molecule has 3 N–H and O–H groups in total. The average Bonchev–Trinajstić information content (AvgIpc) is 2.91. The summed E-state index contributed by atoms with van der Waals surface area (Å²) in [4.78, 5) is 12.1. The normalized spacial score (nSPS) is 27.2. The predicted molar refractivity (Wildman–Crippen MR) is 84.9 cm³/mol. The smallest absolute Gasteiger partial charge is 0.223 e. The van der Waals surface area contributed by atoms with Gasteiger partial charge in [0.05, 0.1) is 6.61 Å². The molecule has 1 fully saturated rings. The van der Waals surface area contributed by atoms with E-state index in [0.717, 1.165) is 38.0 Å². The minimum atomic E-state index is 0. The fourth-order valence-corrected chi connectivity index (χ4v) is 3.25. The molecule has 1 amide bonds. The Morgan fingerprint density at radius 3 is 2.86 bits per heavy atom. The van der Waals surface area contributed by atoms with Gasteiger partial charge >= 0.3 is 0 Å². The van der Waals surface area contributed by atoms with Crippen molar-refractivity contribution in [3.05, 3.63) is 29.8 Å². The first-order chi connectivity index (χ1) is 9.74. The standard InChI is InChI=1S/C16H22N2O2.ClH/c17-13-6-5-11(9-13)16(19)18-10-12-7-8-20-15-4-2-1-3-14(12)15;/h1-4,11-13H,5-10,17H2,(H,18,19);1H. The van der Waals surface area contributed by atoms with Gasteiger partial charge in [0.25, 0.3) is 0 Å². The molecule has 4 nitrogen and oxygen atoms in total. The lowest BCUT2D eigenvalue weighted by atomic mass is 9.93. The Labute approximate surface area is 131 Å². The molecule has 3 rings (SSSR count). The van der Waals surface area contributed by atoms with Gasteiger partial charge in [-0.25, -0.2) is 0 Å². The Bertz CT molecular complexity index is 495. The van der Waals surface area contributed by atoms with E-state index < -0.39 is 0 Å². The molecule has 3 atom stereocenters. The number of benzene rings is 1. The van der Waals surface area contributed by atoms with Crippen molar-refractivity contribution in [1.82, 2.24) is 5.32 Å². The van der Waals surface area contributed by atoms with Crippen molar-refractivity contribution in [3.63, 3.8) is 0 Å². The van der Waals surface area contributed by atoms with E-state index in [1.54, 1.807) is 0 Å². The summed E-state index contributed by atoms with van der Waals surface area (Å²) in [7, 11) is 0. The molecule has 0 radical (unpaired) electrons. The Kier molecular flexibility index (Phi) is 5.48. The number of amides is 1. The van der Waals surface area contributed by atoms with Gasteiger partial charge in [0.1, 0.15) is 5.75 Å². The molecule has 1 aliphatic heterocycles. The molecule has 0 saturated heterocycles. The molecule has 1 heterocycles. The quantitative estimate of drug-likeness (QED) is 0.899. The second-order valence-corrected chi connectivity index (χ2v) is 5.89. The number of carbonyl (C=O) groups is 1. The summed E-state index contributed by atoms with van der Waals surface area (Å²) in [6, 6.07) is 8.31. The van der Waals surface area contributed by atoms with Gasteiger partial charge in [-0.1, -0.05) is 18.2 Å². The molecule has 2 aliphatic rings. The van der Waals surface area contributed by atoms with Gasteiger partial charge in [-0.05, 0) is 37.3 Å². The summed E-state index contributed by atoms with van der Waals surface area (Å²) in [6.07, 6.45) is 3.69. The summed E-state index contributed by atoms with van der Waals surface area (Å²) in [5.41, 5.74) is 7.08. The average molecular weight is 311 g/mol. The molecule has 1 aromatic carbocycles. The fraction of sp³-hybridized carbons (Fsp3) is 0.562. The molecule has 0 aromatic heterocycles. The summed E-state index contributed by atoms with van der Waals surface area (Å²) < 4.78 is 5.65. The van der Waals surface area contributed by atoms with E-state index >= 15 is 0 Å². The fourth-order valence-electron chi connectivity index (χ4n) is 3.25. The molecule has 0 bridgehead atoms. The second kappa shape index (κ2) is 7.14. The Morgan fingerprint density at radius 2 is 2.10 bits per heavy atom. The molecular weight excluding hydrogens is 288 g/mol. The first-order valence-corrected chi connectivity index (χ1v) is 7.49. The second-order valence-electron chi connectivity index (χ2n) is 5.89. The van der Waals surface area contributed by atoms with Crippen LogP contribution in [0.1, 0.15) is 37.2 Å². The molecule has 0 spiro atoms. The van der Waals surface area contributed by atoms with E-state index in [2.05, 4.69) is 11.4 Å². The van der Waals surface area contributed by atoms with Crippen LogP contribution in [0.15, 0.2) is 24.3 Å². The minimum Gasteiger partial charge on any atom is -0.493 e. The number of hydrogen-bond donors (Lipinski definition) is 2. The van der Waals surface area contributed by atoms with Gasteiger partial charge in [0.2, 0.25) is 5.91 Å². The highest BCUT2D eigenvalue weighted by molar-refractivity contribution is 5.85. The van der Waals surface area contributed by atoms with Crippen molar-refractivity contribution in [2.45, 2.75) is 37.6 Å². The number of fused-ring (bicyclic) bond motifs is 1. The van der Waals surface area contributed by atoms with Crippen LogP contribution in [-0.2, 0) is 4.79 Å². The summed E-state index contributed by atoms with van der Waals surface area (Å²) >= 11 is 0. The summed E-state index contributed by atoms with van der Waals surface area (Å²) in [5.74, 6) is 1.60. The van der Waals surface area contributed by atoms with Crippen LogP contribution in [0.3, 0.4) is 0 Å². The number of carbonyl (C=O) groups excluding carboxylic acids is 1. The van der Waals surface area contributed by atoms with Crippen LogP contribution in [0.25, 0.3) is 0 Å². The highest BCUT2D eigenvalue weighted by Gasteiger charge is 2.28. The van der Waals surface area contributed by atoms with Gasteiger partial charge in [0, 0.05) is 24.4 Å². The van der Waals surface area contributed by atoms with E-state index in [9.17, 15) is 4.79 Å². The number of nitrogens with two attached hydrogens (primary N) is 1. The zero-order valence-electron chi connectivity index (χ0n) is 12.1. The van der Waals surface area contributed by atoms with Gasteiger partial charge in [-0.15, -0.1) is 12.4 Å². The summed E-state index contributed by atoms with van der Waals surface area (Å²) in [5, 5.41) is 3.11. The van der Waals surface area contributed by atoms with Crippen LogP contribution in [-0.4, -0.2) is 25.1 Å². The lowest BCUT2D eigenvalue weighted by Gasteiger charge is -2.26. The maximum absolute atomic E-state index is 12.1. The monoisotopic (exact) mass is 310 g/mol. The van der Waals surface area contributed by atoms with E-state index in [0.29, 0.717) is 12.5 Å². The lowest BCUT2D eigenvalue weighted by Crippen LogP contribution is -2.34. The van der Waals surface area contributed by atoms with Gasteiger partial charge < -0.3 is 15.8 Å². The van der Waals surface area contributed by atoms with Gasteiger partial charge in [-0.2, -0.15) is 0 Å². The van der Waals surface area contributed by atoms with Crippen molar-refractivity contribution in [2.24, 2.45) is 11.7 Å². The molecule has 3 unspecified atom stereocenters. The van der Waals surface area contributed by atoms with Gasteiger partial charge in [0.15, 0.2) is 0 Å². The molecule has 5 heteroatoms. The van der Waals surface area contributed by atoms with Crippen molar-refractivity contribution in [1.29, 1.82) is 0 Å². The number of ether oxygens (including phenoxy) is 1. The zero-order valence-corrected chi connectivity index (χ0v) is 12.9.